The van der Waals surface area contributed by atoms with Crippen LogP contribution in [0.25, 0.3) is 11.3 Å². The van der Waals surface area contributed by atoms with Gasteiger partial charge in [0.2, 0.25) is 11.9 Å². The highest BCUT2D eigenvalue weighted by atomic mass is 35.5. The van der Waals surface area contributed by atoms with Gasteiger partial charge in [-0.15, -0.1) is 11.6 Å². The number of anilines is 3. The lowest BCUT2D eigenvalue weighted by molar-refractivity contribution is -0.113. The van der Waals surface area contributed by atoms with Crippen LogP contribution in [-0.4, -0.2) is 26.7 Å². The summed E-state index contributed by atoms with van der Waals surface area (Å²) in [6.07, 6.45) is 5.14. The van der Waals surface area contributed by atoms with Crippen LogP contribution < -0.4 is 10.6 Å². The molecule has 6 nitrogen and oxygen atoms in total. The molecule has 3 aromatic rings. The van der Waals surface area contributed by atoms with Crippen molar-refractivity contribution in [3.8, 4) is 11.3 Å². The Kier molecular flexibility index (Phi) is 4.98. The Bertz CT molecular complexity index is 824. The quantitative estimate of drug-likeness (QED) is 0.696. The van der Waals surface area contributed by atoms with Crippen LogP contribution in [0.1, 0.15) is 0 Å². The number of halogens is 1. The molecular weight excluding hydrogens is 326 g/mol. The van der Waals surface area contributed by atoms with Crippen LogP contribution in [0.2, 0.25) is 0 Å². The molecular formula is C17H14ClN5O. The average Bonchev–Trinajstić information content (AvgIpc) is 2.64. The largest absolute Gasteiger partial charge is 0.325 e. The van der Waals surface area contributed by atoms with Crippen LogP contribution in [0.15, 0.2) is 61.1 Å². The first-order valence-electron chi connectivity index (χ1n) is 7.21. The number of rotatable bonds is 5. The molecule has 0 atom stereocenters. The van der Waals surface area contributed by atoms with E-state index in [4.69, 9.17) is 11.6 Å². The van der Waals surface area contributed by atoms with Crippen molar-refractivity contribution in [3.63, 3.8) is 0 Å². The van der Waals surface area contributed by atoms with Gasteiger partial charge in [-0.2, -0.15) is 0 Å². The van der Waals surface area contributed by atoms with E-state index >= 15 is 0 Å². The monoisotopic (exact) mass is 339 g/mol. The van der Waals surface area contributed by atoms with Gasteiger partial charge in [-0.05, 0) is 42.5 Å². The third-order valence-corrected chi connectivity index (χ3v) is 3.42. The molecule has 0 saturated heterocycles. The molecule has 0 aliphatic rings. The highest BCUT2D eigenvalue weighted by Gasteiger charge is 2.04. The molecule has 0 saturated carbocycles. The highest BCUT2D eigenvalue weighted by Crippen LogP contribution is 2.20. The Morgan fingerprint density at radius 2 is 1.67 bits per heavy atom. The van der Waals surface area contributed by atoms with Crippen molar-refractivity contribution in [1.82, 2.24) is 15.0 Å². The highest BCUT2D eigenvalue weighted by molar-refractivity contribution is 6.29. The van der Waals surface area contributed by atoms with Gasteiger partial charge in [0.15, 0.2) is 0 Å². The van der Waals surface area contributed by atoms with Gasteiger partial charge in [-0.1, -0.05) is 0 Å². The Labute approximate surface area is 143 Å². The molecule has 2 aromatic heterocycles. The minimum Gasteiger partial charge on any atom is -0.325 e. The van der Waals surface area contributed by atoms with Crippen molar-refractivity contribution in [1.29, 1.82) is 0 Å². The van der Waals surface area contributed by atoms with E-state index in [1.165, 1.54) is 0 Å². The molecule has 24 heavy (non-hydrogen) atoms. The minimum atomic E-state index is -0.245. The van der Waals surface area contributed by atoms with Crippen LogP contribution >= 0.6 is 11.6 Å². The fraction of sp³-hybridized carbons (Fsp3) is 0.0588. The molecule has 0 aliphatic heterocycles. The van der Waals surface area contributed by atoms with Gasteiger partial charge in [0, 0.05) is 35.5 Å². The zero-order chi connectivity index (χ0) is 16.8. The van der Waals surface area contributed by atoms with Gasteiger partial charge >= 0.3 is 0 Å². The molecule has 2 heterocycles. The molecule has 0 bridgehead atoms. The summed E-state index contributed by atoms with van der Waals surface area (Å²) in [7, 11) is 0. The number of amides is 1. The second-order valence-electron chi connectivity index (χ2n) is 4.89. The standard InChI is InChI=1S/C17H14ClN5O/c18-11-16(24)21-13-1-3-14(4-2-13)22-17-20-10-7-15(23-17)12-5-8-19-9-6-12/h1-10H,11H2,(H,21,24)(H,20,22,23). The van der Waals surface area contributed by atoms with Crippen molar-refractivity contribution >= 4 is 34.8 Å². The van der Waals surface area contributed by atoms with E-state index in [9.17, 15) is 4.79 Å². The summed E-state index contributed by atoms with van der Waals surface area (Å²) in [5.41, 5.74) is 3.26. The van der Waals surface area contributed by atoms with E-state index in [1.807, 2.05) is 30.3 Å². The second-order valence-corrected chi connectivity index (χ2v) is 5.15. The molecule has 0 aliphatic carbocycles. The Morgan fingerprint density at radius 1 is 0.958 bits per heavy atom. The van der Waals surface area contributed by atoms with Crippen molar-refractivity contribution in [2.45, 2.75) is 0 Å². The molecule has 0 radical (unpaired) electrons. The first-order valence-corrected chi connectivity index (χ1v) is 7.74. The summed E-state index contributed by atoms with van der Waals surface area (Å²) in [5.74, 6) is 0.169. The third kappa shape index (κ3) is 4.05. The maximum absolute atomic E-state index is 11.2. The number of hydrogen-bond donors (Lipinski definition) is 2. The van der Waals surface area contributed by atoms with E-state index in [0.717, 1.165) is 16.9 Å². The number of aromatic nitrogens is 3. The molecule has 0 fully saturated rings. The predicted molar refractivity (Wildman–Crippen MR) is 94.3 cm³/mol. The normalized spacial score (nSPS) is 10.2. The Hall–Kier alpha value is -2.99. The van der Waals surface area contributed by atoms with Crippen LogP contribution in [0.4, 0.5) is 17.3 Å². The van der Waals surface area contributed by atoms with Gasteiger partial charge < -0.3 is 10.6 Å². The van der Waals surface area contributed by atoms with Crippen LogP contribution in [0.5, 0.6) is 0 Å². The number of benzene rings is 1. The summed E-state index contributed by atoms with van der Waals surface area (Å²) in [6.45, 7) is 0. The SMILES string of the molecule is O=C(CCl)Nc1ccc(Nc2nccc(-c3ccncc3)n2)cc1. The smallest absolute Gasteiger partial charge is 0.239 e. The van der Waals surface area contributed by atoms with Gasteiger partial charge in [0.25, 0.3) is 0 Å². The van der Waals surface area contributed by atoms with Crippen molar-refractivity contribution < 1.29 is 4.79 Å². The van der Waals surface area contributed by atoms with E-state index in [2.05, 4.69) is 25.6 Å². The maximum Gasteiger partial charge on any atom is 0.239 e. The van der Waals surface area contributed by atoms with Crippen LogP contribution in [0.3, 0.4) is 0 Å². The molecule has 2 N–H and O–H groups in total. The number of hydrogen-bond acceptors (Lipinski definition) is 5. The van der Waals surface area contributed by atoms with Crippen LogP contribution in [-0.2, 0) is 4.79 Å². The van der Waals surface area contributed by atoms with E-state index < -0.39 is 0 Å². The molecule has 1 aromatic carbocycles. The first-order chi connectivity index (χ1) is 11.7. The fourth-order valence-electron chi connectivity index (χ4n) is 2.06. The number of carbonyl (C=O) groups excluding carboxylic acids is 1. The molecule has 1 amide bonds. The number of alkyl halides is 1. The van der Waals surface area contributed by atoms with E-state index in [-0.39, 0.29) is 11.8 Å². The van der Waals surface area contributed by atoms with Gasteiger partial charge in [-0.25, -0.2) is 9.97 Å². The van der Waals surface area contributed by atoms with Gasteiger partial charge in [0.1, 0.15) is 5.88 Å². The summed E-state index contributed by atoms with van der Waals surface area (Å²) in [5, 5.41) is 5.81. The van der Waals surface area contributed by atoms with Gasteiger partial charge in [0.05, 0.1) is 5.69 Å². The van der Waals surface area contributed by atoms with Crippen molar-refractivity contribution in [2.24, 2.45) is 0 Å². The third-order valence-electron chi connectivity index (χ3n) is 3.18. The lowest BCUT2D eigenvalue weighted by Gasteiger charge is -2.08. The zero-order valence-electron chi connectivity index (χ0n) is 12.6. The second kappa shape index (κ2) is 7.52. The van der Waals surface area contributed by atoms with Crippen LogP contribution in [0, 0.1) is 0 Å². The van der Waals surface area contributed by atoms with Gasteiger partial charge in [-0.3, -0.25) is 9.78 Å². The minimum absolute atomic E-state index is 0.0738. The van der Waals surface area contributed by atoms with E-state index in [1.54, 1.807) is 30.7 Å². The summed E-state index contributed by atoms with van der Waals surface area (Å²) < 4.78 is 0. The summed E-state index contributed by atoms with van der Waals surface area (Å²) >= 11 is 5.46. The van der Waals surface area contributed by atoms with E-state index in [0.29, 0.717) is 11.6 Å². The number of pyridine rings is 1. The predicted octanol–water partition coefficient (Wildman–Crippen LogP) is 3.46. The topological polar surface area (TPSA) is 79.8 Å². The number of nitrogens with one attached hydrogen (secondary N) is 2. The lowest BCUT2D eigenvalue weighted by atomic mass is 10.2. The average molecular weight is 340 g/mol. The Morgan fingerprint density at radius 3 is 2.38 bits per heavy atom. The molecule has 3 rings (SSSR count). The number of nitrogens with zero attached hydrogens (tertiary/aromatic N) is 3. The molecule has 7 heteroatoms. The molecule has 120 valence electrons. The van der Waals surface area contributed by atoms with Crippen molar-refractivity contribution in [3.05, 3.63) is 61.1 Å². The molecule has 0 unspecified atom stereocenters. The fourth-order valence-corrected chi connectivity index (χ4v) is 2.13. The molecule has 0 spiro atoms. The summed E-state index contributed by atoms with van der Waals surface area (Å²) in [6, 6.07) is 12.8. The number of carbonyl (C=O) groups is 1. The first kappa shape index (κ1) is 15.9. The summed E-state index contributed by atoms with van der Waals surface area (Å²) in [4.78, 5) is 23.9. The maximum atomic E-state index is 11.2. The van der Waals surface area contributed by atoms with Crippen molar-refractivity contribution in [2.75, 3.05) is 16.5 Å². The lowest BCUT2D eigenvalue weighted by Crippen LogP contribution is -2.12. The zero-order valence-corrected chi connectivity index (χ0v) is 13.4. The Balaban J connectivity index is 1.73.